The van der Waals surface area contributed by atoms with Gasteiger partial charge in [-0.15, -0.1) is 0 Å². The molecular formula is C6H11N3O. The summed E-state index contributed by atoms with van der Waals surface area (Å²) in [5.74, 6) is -0.119. The summed E-state index contributed by atoms with van der Waals surface area (Å²) in [5, 5.41) is 10.8. The zero-order valence-electron chi connectivity index (χ0n) is 6.22. The molecule has 4 heteroatoms. The first kappa shape index (κ1) is 8.76. The van der Waals surface area contributed by atoms with Gasteiger partial charge in [0.1, 0.15) is 6.54 Å². The van der Waals surface area contributed by atoms with E-state index in [1.165, 1.54) is 4.90 Å². The maximum atomic E-state index is 10.7. The minimum Gasteiger partial charge on any atom is -0.355 e. The van der Waals surface area contributed by atoms with Crippen molar-refractivity contribution in [3.63, 3.8) is 0 Å². The Bertz CT molecular complexity index is 150. The van der Waals surface area contributed by atoms with Crippen LogP contribution >= 0.6 is 0 Å². The summed E-state index contributed by atoms with van der Waals surface area (Å²) < 4.78 is 0. The average Bonchev–Trinajstić information content (AvgIpc) is 1.88. The van der Waals surface area contributed by atoms with Crippen molar-refractivity contribution in [2.45, 2.75) is 6.92 Å². The Hall–Kier alpha value is -1.24. The number of hydrogen-bond donors (Lipinski definition) is 1. The van der Waals surface area contributed by atoms with E-state index in [4.69, 9.17) is 5.26 Å². The van der Waals surface area contributed by atoms with E-state index in [2.05, 4.69) is 5.32 Å². The van der Waals surface area contributed by atoms with Crippen LogP contribution in [0.1, 0.15) is 6.92 Å². The van der Waals surface area contributed by atoms with Gasteiger partial charge in [-0.1, -0.05) is 0 Å². The Morgan fingerprint density at radius 2 is 2.40 bits per heavy atom. The summed E-state index contributed by atoms with van der Waals surface area (Å²) in [6.07, 6.45) is 1.83. The lowest BCUT2D eigenvalue weighted by atomic mass is 10.5. The maximum Gasteiger partial charge on any atom is 0.240 e. The molecule has 0 atom stereocenters. The van der Waals surface area contributed by atoms with E-state index in [1.807, 2.05) is 13.1 Å². The second-order valence-corrected chi connectivity index (χ2v) is 1.91. The van der Waals surface area contributed by atoms with Gasteiger partial charge < -0.3 is 10.2 Å². The van der Waals surface area contributed by atoms with Gasteiger partial charge in [-0.3, -0.25) is 4.79 Å². The summed E-state index contributed by atoms with van der Waals surface area (Å²) in [4.78, 5) is 12.0. The number of amides is 1. The van der Waals surface area contributed by atoms with Gasteiger partial charge in [-0.2, -0.15) is 5.26 Å². The average molecular weight is 141 g/mol. The maximum absolute atomic E-state index is 10.7. The Balaban J connectivity index is 3.49. The van der Waals surface area contributed by atoms with Crippen molar-refractivity contribution in [1.82, 2.24) is 10.2 Å². The molecule has 0 aromatic heterocycles. The fourth-order valence-electron chi connectivity index (χ4n) is 0.504. The molecule has 1 amide bonds. The molecule has 0 saturated carbocycles. The van der Waals surface area contributed by atoms with Crippen molar-refractivity contribution in [3.8, 4) is 6.19 Å². The minimum absolute atomic E-state index is 0.119. The van der Waals surface area contributed by atoms with Crippen LogP contribution in [0, 0.1) is 11.5 Å². The minimum atomic E-state index is -0.119. The second kappa shape index (κ2) is 4.62. The number of likely N-dealkylation sites (N-methyl/N-ethyl adjacent to an activating group) is 2. The molecule has 0 aliphatic carbocycles. The number of hydrogen-bond acceptors (Lipinski definition) is 3. The van der Waals surface area contributed by atoms with Gasteiger partial charge >= 0.3 is 0 Å². The third kappa shape index (κ3) is 3.72. The molecule has 0 aromatic rings. The highest BCUT2D eigenvalue weighted by atomic mass is 16.1. The van der Waals surface area contributed by atoms with Crippen LogP contribution in [0.4, 0.5) is 0 Å². The van der Waals surface area contributed by atoms with Crippen molar-refractivity contribution in [1.29, 1.82) is 5.26 Å². The zero-order chi connectivity index (χ0) is 7.98. The van der Waals surface area contributed by atoms with Gasteiger partial charge in [0.05, 0.1) is 0 Å². The molecule has 56 valence electrons. The molecule has 0 radical (unpaired) electrons. The normalized spacial score (nSPS) is 8.10. The lowest BCUT2D eigenvalue weighted by Gasteiger charge is -2.06. The van der Waals surface area contributed by atoms with Gasteiger partial charge in [0.25, 0.3) is 0 Å². The quantitative estimate of drug-likeness (QED) is 0.427. The van der Waals surface area contributed by atoms with Crippen LogP contribution in [-0.4, -0.2) is 30.9 Å². The summed E-state index contributed by atoms with van der Waals surface area (Å²) >= 11 is 0. The Labute approximate surface area is 60.4 Å². The Kier molecular flexibility index (Phi) is 4.05. The van der Waals surface area contributed by atoms with E-state index in [1.54, 1.807) is 7.05 Å². The van der Waals surface area contributed by atoms with Crippen LogP contribution in [0.3, 0.4) is 0 Å². The topological polar surface area (TPSA) is 56.1 Å². The van der Waals surface area contributed by atoms with E-state index in [-0.39, 0.29) is 12.5 Å². The molecule has 0 fully saturated rings. The van der Waals surface area contributed by atoms with Gasteiger partial charge in [-0.25, -0.2) is 0 Å². The van der Waals surface area contributed by atoms with Crippen molar-refractivity contribution in [3.05, 3.63) is 0 Å². The second-order valence-electron chi connectivity index (χ2n) is 1.91. The molecule has 4 nitrogen and oxygen atoms in total. The lowest BCUT2D eigenvalue weighted by molar-refractivity contribution is -0.121. The molecule has 0 heterocycles. The molecule has 0 aromatic carbocycles. The van der Waals surface area contributed by atoms with Crippen molar-refractivity contribution >= 4 is 5.91 Å². The van der Waals surface area contributed by atoms with E-state index in [0.717, 1.165) is 0 Å². The van der Waals surface area contributed by atoms with E-state index in [9.17, 15) is 4.79 Å². The highest BCUT2D eigenvalue weighted by molar-refractivity contribution is 5.78. The Morgan fingerprint density at radius 1 is 1.80 bits per heavy atom. The summed E-state index contributed by atoms with van der Waals surface area (Å²) in [7, 11) is 1.56. The summed E-state index contributed by atoms with van der Waals surface area (Å²) in [5.41, 5.74) is 0. The van der Waals surface area contributed by atoms with Crippen LogP contribution in [0.15, 0.2) is 0 Å². The molecular weight excluding hydrogens is 130 g/mol. The first-order chi connectivity index (χ1) is 4.70. The first-order valence-corrected chi connectivity index (χ1v) is 3.08. The van der Waals surface area contributed by atoms with E-state index < -0.39 is 0 Å². The largest absolute Gasteiger partial charge is 0.355 e. The van der Waals surface area contributed by atoms with Crippen LogP contribution in [-0.2, 0) is 4.79 Å². The highest BCUT2D eigenvalue weighted by Gasteiger charge is 2.00. The smallest absolute Gasteiger partial charge is 0.240 e. The van der Waals surface area contributed by atoms with Crippen LogP contribution < -0.4 is 5.32 Å². The number of nitrogens with zero attached hydrogens (tertiary/aromatic N) is 2. The molecule has 0 unspecified atom stereocenters. The van der Waals surface area contributed by atoms with Crippen LogP contribution in [0.5, 0.6) is 0 Å². The van der Waals surface area contributed by atoms with Crippen molar-refractivity contribution in [2.75, 3.05) is 20.1 Å². The van der Waals surface area contributed by atoms with Crippen molar-refractivity contribution < 1.29 is 4.79 Å². The van der Waals surface area contributed by atoms with Gasteiger partial charge in [0.2, 0.25) is 5.91 Å². The highest BCUT2D eigenvalue weighted by Crippen LogP contribution is 1.75. The predicted octanol–water partition coefficient (Wildman–Crippen LogP) is -0.465. The molecule has 0 saturated heterocycles. The summed E-state index contributed by atoms with van der Waals surface area (Å²) in [6.45, 7) is 2.59. The molecule has 0 spiro atoms. The summed E-state index contributed by atoms with van der Waals surface area (Å²) in [6, 6.07) is 0. The number of carbonyl (C=O) groups excluding carboxylic acids is 1. The number of carbonyl (C=O) groups is 1. The SMILES string of the molecule is CCNC(=O)CN(C)C#N. The standard InChI is InChI=1S/C6H11N3O/c1-3-8-6(10)4-9(2)5-7/h3-4H2,1-2H3,(H,8,10). The fourth-order valence-corrected chi connectivity index (χ4v) is 0.504. The van der Waals surface area contributed by atoms with E-state index >= 15 is 0 Å². The number of nitrogens with one attached hydrogen (secondary N) is 1. The fraction of sp³-hybridized carbons (Fsp3) is 0.667. The first-order valence-electron chi connectivity index (χ1n) is 3.08. The molecule has 1 N–H and O–H groups in total. The monoisotopic (exact) mass is 141 g/mol. The molecule has 0 aliphatic rings. The lowest BCUT2D eigenvalue weighted by Crippen LogP contribution is -2.32. The third-order valence-electron chi connectivity index (χ3n) is 0.925. The van der Waals surface area contributed by atoms with Crippen molar-refractivity contribution in [2.24, 2.45) is 0 Å². The zero-order valence-corrected chi connectivity index (χ0v) is 6.22. The van der Waals surface area contributed by atoms with E-state index in [0.29, 0.717) is 6.54 Å². The predicted molar refractivity (Wildman–Crippen MR) is 36.9 cm³/mol. The molecule has 0 aliphatic heterocycles. The van der Waals surface area contributed by atoms with Crippen LogP contribution in [0.25, 0.3) is 0 Å². The van der Waals surface area contributed by atoms with Crippen LogP contribution in [0.2, 0.25) is 0 Å². The Morgan fingerprint density at radius 3 is 2.80 bits per heavy atom. The molecule has 10 heavy (non-hydrogen) atoms. The molecule has 0 bridgehead atoms. The van der Waals surface area contributed by atoms with Gasteiger partial charge in [0.15, 0.2) is 6.19 Å². The third-order valence-corrected chi connectivity index (χ3v) is 0.925. The number of nitriles is 1. The molecule has 0 rings (SSSR count). The van der Waals surface area contributed by atoms with Gasteiger partial charge in [0, 0.05) is 13.6 Å². The van der Waals surface area contributed by atoms with Gasteiger partial charge in [-0.05, 0) is 6.92 Å². The number of rotatable bonds is 3.